The van der Waals surface area contributed by atoms with Crippen molar-refractivity contribution >= 4 is 10.1 Å². The van der Waals surface area contributed by atoms with E-state index in [2.05, 4.69) is 0 Å². The molecule has 0 aromatic heterocycles. The predicted molar refractivity (Wildman–Crippen MR) is 270 cm³/mol. The molecule has 6 aromatic carbocycles. The van der Waals surface area contributed by atoms with Crippen LogP contribution in [0.3, 0.4) is 0 Å². The Bertz CT molecular complexity index is 2380. The van der Waals surface area contributed by atoms with Crippen molar-refractivity contribution < 1.29 is 60.3 Å². The van der Waals surface area contributed by atoms with Gasteiger partial charge in [0.1, 0.15) is 30.5 Å². The van der Waals surface area contributed by atoms with Crippen LogP contribution in [0.25, 0.3) is 0 Å². The summed E-state index contributed by atoms with van der Waals surface area (Å²) in [5, 5.41) is 10.0. The van der Waals surface area contributed by atoms with Crippen LogP contribution in [0.4, 0.5) is 0 Å². The van der Waals surface area contributed by atoms with Crippen molar-refractivity contribution in [2.24, 2.45) is 0 Å². The molecule has 5 unspecified atom stereocenters. The van der Waals surface area contributed by atoms with E-state index >= 15 is 0 Å². The zero-order valence-electron chi connectivity index (χ0n) is 40.5. The van der Waals surface area contributed by atoms with Gasteiger partial charge in [0.25, 0.3) is 10.1 Å². The molecule has 380 valence electrons. The average Bonchev–Trinajstić information content (AvgIpc) is 3.41. The number of aliphatic hydroxyl groups is 1. The van der Waals surface area contributed by atoms with Crippen molar-refractivity contribution in [1.82, 2.24) is 0 Å². The summed E-state index contributed by atoms with van der Waals surface area (Å²) in [4.78, 5) is 0.0622. The van der Waals surface area contributed by atoms with E-state index in [1.807, 2.05) is 159 Å². The van der Waals surface area contributed by atoms with Crippen molar-refractivity contribution in [2.75, 3.05) is 66.1 Å². The molecule has 5 atom stereocenters. The molecule has 13 nitrogen and oxygen atoms in total. The minimum absolute atomic E-state index is 0.0245. The lowest BCUT2D eigenvalue weighted by Crippen LogP contribution is -2.34. The van der Waals surface area contributed by atoms with Gasteiger partial charge in [0, 0.05) is 0 Å². The summed E-state index contributed by atoms with van der Waals surface area (Å²) in [6.45, 7) is 4.27. The topological polar surface area (TPSA) is 147 Å². The molecule has 0 aliphatic carbocycles. The normalized spacial score (nSPS) is 13.9. The van der Waals surface area contributed by atoms with Crippen LogP contribution in [-0.2, 0) is 90.0 Å². The first-order chi connectivity index (χ1) is 34.8. The van der Waals surface area contributed by atoms with Crippen LogP contribution < -0.4 is 0 Å². The van der Waals surface area contributed by atoms with E-state index in [4.69, 9.17) is 46.8 Å². The SMILES string of the molecule is Cc1ccc(S(=O)(=O)OCC(COCC(COCC(COCC(COCC(CO)OCc2ccccc2)OCc2ccccc2)OCc2ccccc2)OCc2ccccc2)OCc2ccccc2)cc1. The zero-order valence-corrected chi connectivity index (χ0v) is 41.3. The van der Waals surface area contributed by atoms with Crippen molar-refractivity contribution in [3.05, 3.63) is 209 Å². The van der Waals surface area contributed by atoms with E-state index in [-0.39, 0.29) is 77.6 Å². The lowest BCUT2D eigenvalue weighted by atomic mass is 10.2. The molecule has 6 rings (SSSR count). The Hall–Kier alpha value is -5.17. The lowest BCUT2D eigenvalue weighted by molar-refractivity contribution is -0.123. The van der Waals surface area contributed by atoms with Gasteiger partial charge in [-0.25, -0.2) is 0 Å². The molecule has 0 amide bonds. The smallest absolute Gasteiger partial charge is 0.297 e. The Morgan fingerprint density at radius 3 is 0.887 bits per heavy atom. The summed E-state index contributed by atoms with van der Waals surface area (Å²) in [7, 11) is -4.05. The monoisotopic (exact) mass is 992 g/mol. The number of hydrogen-bond donors (Lipinski definition) is 1. The van der Waals surface area contributed by atoms with Crippen LogP contribution in [0.1, 0.15) is 33.4 Å². The summed E-state index contributed by atoms with van der Waals surface area (Å²) in [5.74, 6) is 0. The maximum Gasteiger partial charge on any atom is 0.297 e. The number of hydrogen-bond acceptors (Lipinski definition) is 13. The third-order valence-electron chi connectivity index (χ3n) is 11.0. The van der Waals surface area contributed by atoms with E-state index in [0.29, 0.717) is 26.4 Å². The van der Waals surface area contributed by atoms with Crippen LogP contribution >= 0.6 is 0 Å². The molecule has 0 saturated heterocycles. The molecule has 1 N–H and O–H groups in total. The van der Waals surface area contributed by atoms with Gasteiger partial charge in [0.05, 0.1) is 104 Å². The second-order valence-corrected chi connectivity index (χ2v) is 18.6. The Labute approximate surface area is 419 Å². The standard InChI is InChI=1S/C57H68O13S/c1-46-27-29-57(30-28-46)71(59,60)70-45-56(69-36-51-25-15-6-16-26-51)44-64-43-55(68-35-50-23-13-5-14-24-50)42-63-41-54(67-34-49-21-11-4-12-22-49)40-62-39-53(66-33-48-19-9-3-10-20-48)38-61-37-52(31-58)65-32-47-17-7-2-8-18-47/h2-30,52-56,58H,31-45H2,1H3. The number of ether oxygens (including phenoxy) is 9. The third-order valence-corrected chi connectivity index (χ3v) is 12.3. The molecule has 6 aromatic rings. The highest BCUT2D eigenvalue weighted by Crippen LogP contribution is 2.16. The van der Waals surface area contributed by atoms with Crippen molar-refractivity contribution in [1.29, 1.82) is 0 Å². The summed E-state index contributed by atoms with van der Waals surface area (Å²) in [5.41, 5.74) is 5.85. The molecule has 0 heterocycles. The van der Waals surface area contributed by atoms with Gasteiger partial charge < -0.3 is 47.7 Å². The molecule has 0 aliphatic rings. The van der Waals surface area contributed by atoms with E-state index in [1.54, 1.807) is 12.1 Å². The quantitative estimate of drug-likeness (QED) is 0.0375. The summed E-state index contributed by atoms with van der Waals surface area (Å²) >= 11 is 0. The lowest BCUT2D eigenvalue weighted by Gasteiger charge is -2.24. The number of rotatable bonds is 36. The van der Waals surface area contributed by atoms with Crippen molar-refractivity contribution in [2.45, 2.75) is 75.4 Å². The first kappa shape index (κ1) is 55.1. The van der Waals surface area contributed by atoms with Gasteiger partial charge in [-0.05, 0) is 46.9 Å². The first-order valence-corrected chi connectivity index (χ1v) is 25.4. The number of aliphatic hydroxyl groups excluding tert-OH is 1. The van der Waals surface area contributed by atoms with Crippen LogP contribution in [0.2, 0.25) is 0 Å². The third kappa shape index (κ3) is 22.0. The number of aryl methyl sites for hydroxylation is 1. The van der Waals surface area contributed by atoms with Crippen molar-refractivity contribution in [3.8, 4) is 0 Å². The van der Waals surface area contributed by atoms with E-state index in [1.165, 1.54) is 12.1 Å². The summed E-state index contributed by atoms with van der Waals surface area (Å²) in [6.07, 6.45) is -2.68. The minimum Gasteiger partial charge on any atom is -0.394 e. The molecule has 0 spiro atoms. The highest BCUT2D eigenvalue weighted by atomic mass is 32.2. The molecule has 0 aliphatic heterocycles. The van der Waals surface area contributed by atoms with Gasteiger partial charge in [-0.15, -0.1) is 0 Å². The molecule has 0 fully saturated rings. The fourth-order valence-corrected chi connectivity index (χ4v) is 7.87. The fourth-order valence-electron chi connectivity index (χ4n) is 6.93. The van der Waals surface area contributed by atoms with Crippen molar-refractivity contribution in [3.63, 3.8) is 0 Å². The molecule has 71 heavy (non-hydrogen) atoms. The fraction of sp³-hybridized carbons (Fsp3) is 0.368. The van der Waals surface area contributed by atoms with Gasteiger partial charge in [0.15, 0.2) is 0 Å². The zero-order chi connectivity index (χ0) is 49.6. The Morgan fingerprint density at radius 2 is 0.606 bits per heavy atom. The van der Waals surface area contributed by atoms with Crippen LogP contribution in [0.15, 0.2) is 181 Å². The first-order valence-electron chi connectivity index (χ1n) is 24.0. The second-order valence-electron chi connectivity index (χ2n) is 17.0. The van der Waals surface area contributed by atoms with Crippen LogP contribution in [0.5, 0.6) is 0 Å². The van der Waals surface area contributed by atoms with Gasteiger partial charge in [-0.1, -0.05) is 169 Å². The van der Waals surface area contributed by atoms with Gasteiger partial charge >= 0.3 is 0 Å². The maximum absolute atomic E-state index is 13.1. The highest BCUT2D eigenvalue weighted by Gasteiger charge is 2.22. The number of benzene rings is 6. The molecular formula is C57H68O13S. The summed E-state index contributed by atoms with van der Waals surface area (Å²) in [6, 6.07) is 55.4. The highest BCUT2D eigenvalue weighted by molar-refractivity contribution is 7.86. The molecule has 0 radical (unpaired) electrons. The molecule has 0 saturated carbocycles. The summed E-state index contributed by atoms with van der Waals surface area (Å²) < 4.78 is 87.8. The van der Waals surface area contributed by atoms with Crippen LogP contribution in [0, 0.1) is 6.92 Å². The predicted octanol–water partition coefficient (Wildman–Crippen LogP) is 8.69. The second kappa shape index (κ2) is 32.0. The molecular weight excluding hydrogens is 925 g/mol. The Morgan fingerprint density at radius 1 is 0.352 bits per heavy atom. The van der Waals surface area contributed by atoms with Gasteiger partial charge in [-0.3, -0.25) is 4.18 Å². The van der Waals surface area contributed by atoms with E-state index in [9.17, 15) is 13.5 Å². The van der Waals surface area contributed by atoms with Crippen LogP contribution in [-0.4, -0.2) is 110 Å². The van der Waals surface area contributed by atoms with Gasteiger partial charge in [0.2, 0.25) is 0 Å². The molecule has 0 bridgehead atoms. The van der Waals surface area contributed by atoms with E-state index in [0.717, 1.165) is 33.4 Å². The largest absolute Gasteiger partial charge is 0.394 e. The average molecular weight is 993 g/mol. The maximum atomic E-state index is 13.1. The minimum atomic E-state index is -4.05. The van der Waals surface area contributed by atoms with E-state index < -0.39 is 40.6 Å². The van der Waals surface area contributed by atoms with Gasteiger partial charge in [-0.2, -0.15) is 8.42 Å². The Kier molecular flexibility index (Phi) is 24.9. The molecule has 14 heteroatoms. The Balaban J connectivity index is 1.06.